The number of benzene rings is 1. The summed E-state index contributed by atoms with van der Waals surface area (Å²) in [6.45, 7) is 10.6. The molecule has 17 nitrogen and oxygen atoms in total. The van der Waals surface area contributed by atoms with E-state index in [1.54, 1.807) is 10.7 Å². The molecule has 4 N–H and O–H groups in total. The third-order valence-electron chi connectivity index (χ3n) is 12.8. The van der Waals surface area contributed by atoms with E-state index in [1.165, 1.54) is 11.3 Å². The first-order valence-electron chi connectivity index (χ1n) is 22.7. The maximum absolute atomic E-state index is 14.7. The van der Waals surface area contributed by atoms with Crippen LogP contribution >= 0.6 is 0 Å². The molecule has 62 heavy (non-hydrogen) atoms. The number of unbranched alkanes of at least 4 members (excludes halogenated alkanes) is 3. The van der Waals surface area contributed by atoms with Crippen LogP contribution in [0.25, 0.3) is 16.7 Å². The molecule has 3 aromatic rings. The fourth-order valence-electron chi connectivity index (χ4n) is 9.12. The number of ether oxygens (including phenoxy) is 4. The monoisotopic (exact) mass is 858 g/mol. The molecule has 6 atom stereocenters. The Balaban J connectivity index is 1.05. The van der Waals surface area contributed by atoms with Crippen LogP contribution < -0.4 is 25.4 Å². The number of nitrogens with zero attached hydrogens (tertiary/aromatic N) is 5. The van der Waals surface area contributed by atoms with Crippen LogP contribution in [0.1, 0.15) is 91.4 Å². The van der Waals surface area contributed by atoms with E-state index in [0.29, 0.717) is 91.4 Å². The number of carbonyl (C=O) groups excluding carboxylic acids is 3. The molecular formula is C45H62N8O9. The Kier molecular flexibility index (Phi) is 13.4. The summed E-state index contributed by atoms with van der Waals surface area (Å²) in [7, 11) is 0. The van der Waals surface area contributed by atoms with Gasteiger partial charge in [-0.05, 0) is 76.3 Å². The van der Waals surface area contributed by atoms with Gasteiger partial charge in [-0.3, -0.25) is 14.5 Å². The van der Waals surface area contributed by atoms with Crippen molar-refractivity contribution in [1.82, 2.24) is 35.2 Å². The fraction of sp³-hybridized carbons (Fsp3) is 0.644. The molecule has 3 saturated carbocycles. The van der Waals surface area contributed by atoms with Crippen LogP contribution in [0.5, 0.6) is 11.5 Å². The minimum absolute atomic E-state index is 0.0251. The van der Waals surface area contributed by atoms with E-state index in [2.05, 4.69) is 27.8 Å². The van der Waals surface area contributed by atoms with E-state index < -0.39 is 47.6 Å². The van der Waals surface area contributed by atoms with Crippen LogP contribution in [0.2, 0.25) is 0 Å². The predicted octanol–water partition coefficient (Wildman–Crippen LogP) is 4.90. The Bertz CT molecular complexity index is 2070. The Morgan fingerprint density at radius 3 is 2.50 bits per heavy atom. The van der Waals surface area contributed by atoms with E-state index in [4.69, 9.17) is 29.0 Å². The van der Waals surface area contributed by atoms with Crippen LogP contribution in [0.4, 0.5) is 10.6 Å². The van der Waals surface area contributed by atoms with E-state index in [-0.39, 0.29) is 25.1 Å². The van der Waals surface area contributed by atoms with Gasteiger partial charge in [0.05, 0.1) is 25.3 Å². The lowest BCUT2D eigenvalue weighted by Gasteiger charge is -2.29. The highest BCUT2D eigenvalue weighted by Gasteiger charge is 2.54. The van der Waals surface area contributed by atoms with Gasteiger partial charge in [-0.1, -0.05) is 32.6 Å². The van der Waals surface area contributed by atoms with Gasteiger partial charge in [-0.2, -0.15) is 0 Å². The SMILES string of the molecule is CCCCCC[C@H](NC(=O)O[C@@H]1C[C@@H]2C[C@@H]2C1)C(=O)N1C[C@H](Oc2cc(-n3ccc(NC(C)C)n3)nc3cc(OCCN4CCOCC4)ccc23)C[C@H]1C(=O)NC1(C(=O)O)CC1. The van der Waals surface area contributed by atoms with E-state index >= 15 is 0 Å². The second kappa shape index (κ2) is 19.1. The molecule has 3 amide bonds. The number of fused-ring (bicyclic) bond motifs is 2. The lowest BCUT2D eigenvalue weighted by Crippen LogP contribution is -2.56. The summed E-state index contributed by atoms with van der Waals surface area (Å²) in [5, 5.41) is 24.3. The summed E-state index contributed by atoms with van der Waals surface area (Å²) in [4.78, 5) is 63.0. The topological polar surface area (TPSA) is 199 Å². The molecule has 2 saturated heterocycles. The predicted molar refractivity (Wildman–Crippen MR) is 229 cm³/mol. The molecular weight excluding hydrogens is 797 g/mol. The number of alkyl carbamates (subject to hydrolysis) is 1. The molecule has 0 spiro atoms. The van der Waals surface area contributed by atoms with Crippen LogP contribution in [0.3, 0.4) is 0 Å². The quantitative estimate of drug-likeness (QED) is 0.112. The molecule has 2 aliphatic heterocycles. The molecule has 0 bridgehead atoms. The first-order valence-corrected chi connectivity index (χ1v) is 22.7. The van der Waals surface area contributed by atoms with Crippen molar-refractivity contribution in [1.29, 1.82) is 0 Å². The first-order chi connectivity index (χ1) is 30.0. The average molecular weight is 859 g/mol. The highest BCUT2D eigenvalue weighted by Crippen LogP contribution is 2.52. The van der Waals surface area contributed by atoms with Gasteiger partial charge < -0.3 is 44.9 Å². The number of morpholine rings is 1. The number of carboxylic acid groups (broad SMARTS) is 1. The zero-order valence-corrected chi connectivity index (χ0v) is 36.2. The van der Waals surface area contributed by atoms with Gasteiger partial charge in [0, 0.05) is 61.9 Å². The number of pyridine rings is 1. The van der Waals surface area contributed by atoms with Crippen LogP contribution in [-0.4, -0.2) is 135 Å². The molecule has 17 heteroatoms. The van der Waals surface area contributed by atoms with Crippen molar-refractivity contribution in [3.63, 3.8) is 0 Å². The number of carboxylic acids is 1. The molecule has 0 unspecified atom stereocenters. The average Bonchev–Trinajstić information content (AvgIpc) is 4.00. The molecule has 336 valence electrons. The second-order valence-electron chi connectivity index (χ2n) is 18.1. The number of hydrogen-bond donors (Lipinski definition) is 4. The van der Waals surface area contributed by atoms with Crippen molar-refractivity contribution in [2.75, 3.05) is 51.3 Å². The van der Waals surface area contributed by atoms with Crippen molar-refractivity contribution in [3.05, 3.63) is 36.5 Å². The van der Waals surface area contributed by atoms with Crippen LogP contribution in [-0.2, 0) is 23.9 Å². The summed E-state index contributed by atoms with van der Waals surface area (Å²) in [6.07, 6.45) is 7.84. The zero-order valence-electron chi connectivity index (χ0n) is 36.2. The molecule has 5 aliphatic rings. The molecule has 0 radical (unpaired) electrons. The van der Waals surface area contributed by atoms with Gasteiger partial charge in [0.15, 0.2) is 5.82 Å². The molecule has 3 aliphatic carbocycles. The summed E-state index contributed by atoms with van der Waals surface area (Å²) in [5.41, 5.74) is -0.762. The molecule has 2 aromatic heterocycles. The van der Waals surface area contributed by atoms with Crippen molar-refractivity contribution < 1.29 is 43.2 Å². The first kappa shape index (κ1) is 43.5. The number of aliphatic carboxylic acids is 1. The number of anilines is 1. The molecule has 4 heterocycles. The van der Waals surface area contributed by atoms with Crippen LogP contribution in [0.15, 0.2) is 36.5 Å². The van der Waals surface area contributed by atoms with Gasteiger partial charge in [0.2, 0.25) is 11.8 Å². The second-order valence-corrected chi connectivity index (χ2v) is 18.1. The highest BCUT2D eigenvalue weighted by atomic mass is 16.6. The van der Waals surface area contributed by atoms with E-state index in [0.717, 1.165) is 51.7 Å². The van der Waals surface area contributed by atoms with Gasteiger partial charge in [-0.15, -0.1) is 5.10 Å². The van der Waals surface area contributed by atoms with E-state index in [1.807, 2.05) is 44.3 Å². The van der Waals surface area contributed by atoms with E-state index in [9.17, 15) is 24.3 Å². The van der Waals surface area contributed by atoms with Crippen molar-refractivity contribution in [2.24, 2.45) is 11.8 Å². The highest BCUT2D eigenvalue weighted by molar-refractivity contribution is 5.95. The Hall–Kier alpha value is -5.16. The Morgan fingerprint density at radius 1 is 0.984 bits per heavy atom. The standard InChI is InChI=1S/C45H62N8O9/c1-4-5-6-7-8-35(48-44(58)62-32-22-29-21-30(29)23-32)42(55)52-27-33(25-37(52)41(54)49-45(12-13-45)43(56)57)61-38-26-40(53-14-11-39(50-53)46-28(2)3)47-36-24-31(9-10-34(36)38)60-20-17-51-15-18-59-19-16-51/h9-11,14,24,26,28-30,32-33,35,37H,4-8,12-13,15-23,25,27H2,1-3H3,(H,46,50)(H,48,58)(H,49,54)(H,56,57)/t29-,30+,32+,33-,35+,37+/m1/s1. The third-order valence-corrected chi connectivity index (χ3v) is 12.8. The van der Waals surface area contributed by atoms with Gasteiger partial charge in [-0.25, -0.2) is 19.3 Å². The number of hydrogen-bond acceptors (Lipinski definition) is 12. The summed E-state index contributed by atoms with van der Waals surface area (Å²) in [6, 6.07) is 7.46. The van der Waals surface area contributed by atoms with Gasteiger partial charge in [0.25, 0.3) is 0 Å². The van der Waals surface area contributed by atoms with Crippen molar-refractivity contribution in [2.45, 2.75) is 127 Å². The third kappa shape index (κ3) is 10.5. The summed E-state index contributed by atoms with van der Waals surface area (Å²) < 4.78 is 25.9. The molecule has 5 fully saturated rings. The maximum Gasteiger partial charge on any atom is 0.408 e. The van der Waals surface area contributed by atoms with Gasteiger partial charge >= 0.3 is 12.1 Å². The Labute approximate surface area is 362 Å². The number of likely N-dealkylation sites (tertiary alicyclic amines) is 1. The number of amides is 3. The molecule has 8 rings (SSSR count). The normalized spacial score (nSPS) is 24.3. The molecule has 1 aromatic carbocycles. The maximum atomic E-state index is 14.7. The lowest BCUT2D eigenvalue weighted by molar-refractivity contribution is -0.145. The van der Waals surface area contributed by atoms with Crippen molar-refractivity contribution in [3.8, 4) is 17.3 Å². The van der Waals surface area contributed by atoms with Crippen molar-refractivity contribution >= 4 is 40.6 Å². The van der Waals surface area contributed by atoms with Crippen LogP contribution in [0, 0.1) is 11.8 Å². The fourth-order valence-corrected chi connectivity index (χ4v) is 9.12. The number of nitrogens with one attached hydrogen (secondary N) is 3. The number of aromatic nitrogens is 3. The summed E-state index contributed by atoms with van der Waals surface area (Å²) >= 11 is 0. The minimum atomic E-state index is -1.36. The minimum Gasteiger partial charge on any atom is -0.492 e. The zero-order chi connectivity index (χ0) is 43.4. The largest absolute Gasteiger partial charge is 0.492 e. The van der Waals surface area contributed by atoms with Gasteiger partial charge in [0.1, 0.15) is 53.8 Å². The lowest BCUT2D eigenvalue weighted by atomic mass is 10.1. The number of rotatable bonds is 20. The summed E-state index contributed by atoms with van der Waals surface area (Å²) in [5.74, 6) is 1.41. The smallest absolute Gasteiger partial charge is 0.408 e. The Morgan fingerprint density at radius 2 is 1.77 bits per heavy atom. The number of carbonyl (C=O) groups is 4.